The second kappa shape index (κ2) is 7.63. The van der Waals surface area contributed by atoms with Gasteiger partial charge in [-0.3, -0.25) is 4.57 Å². The van der Waals surface area contributed by atoms with Crippen LogP contribution in [0.15, 0.2) is 29.4 Å². The number of rotatable bonds is 6. The first kappa shape index (κ1) is 16.1. The minimum absolute atomic E-state index is 0.145. The van der Waals surface area contributed by atoms with Crippen molar-refractivity contribution in [2.45, 2.75) is 31.8 Å². The second-order valence-corrected chi connectivity index (χ2v) is 6.02. The molecule has 0 spiro atoms. The van der Waals surface area contributed by atoms with E-state index < -0.39 is 0 Å². The van der Waals surface area contributed by atoms with Gasteiger partial charge >= 0.3 is 0 Å². The first-order valence-corrected chi connectivity index (χ1v) is 8.02. The third-order valence-electron chi connectivity index (χ3n) is 3.29. The Balaban J connectivity index is 2.15. The van der Waals surface area contributed by atoms with E-state index >= 15 is 0 Å². The molecular weight excluding hydrogens is 294 g/mol. The largest absolute Gasteiger partial charge is 0.274 e. The Morgan fingerprint density at radius 3 is 2.55 bits per heavy atom. The van der Waals surface area contributed by atoms with Crippen LogP contribution in [0, 0.1) is 42.4 Å². The summed E-state index contributed by atoms with van der Waals surface area (Å²) in [6, 6.07) is 12.5. The Bertz CT molecular complexity index is 706. The van der Waals surface area contributed by atoms with E-state index in [1.54, 1.807) is 0 Å². The number of aryl methyl sites for hydroxylation is 2. The maximum atomic E-state index is 9.14. The molecule has 0 saturated carbocycles. The van der Waals surface area contributed by atoms with Crippen molar-refractivity contribution in [2.75, 3.05) is 5.75 Å². The van der Waals surface area contributed by atoms with E-state index in [0.29, 0.717) is 18.6 Å². The average molecular weight is 311 g/mol. The van der Waals surface area contributed by atoms with Crippen molar-refractivity contribution in [2.24, 2.45) is 5.92 Å². The monoisotopic (exact) mass is 311 g/mol. The van der Waals surface area contributed by atoms with Crippen molar-refractivity contribution >= 4 is 11.8 Å². The van der Waals surface area contributed by atoms with Crippen molar-refractivity contribution in [1.29, 1.82) is 10.5 Å². The van der Waals surface area contributed by atoms with Gasteiger partial charge in [0.05, 0.1) is 18.1 Å². The molecule has 6 heteroatoms. The molecule has 22 heavy (non-hydrogen) atoms. The Morgan fingerprint density at radius 1 is 1.18 bits per heavy atom. The Hall–Kier alpha value is -2.31. The summed E-state index contributed by atoms with van der Waals surface area (Å²) in [4.78, 5) is 0. The van der Waals surface area contributed by atoms with Gasteiger partial charge < -0.3 is 0 Å². The molecule has 1 heterocycles. The summed E-state index contributed by atoms with van der Waals surface area (Å²) in [7, 11) is 0. The molecule has 5 nitrogen and oxygen atoms in total. The van der Waals surface area contributed by atoms with Gasteiger partial charge in [0.2, 0.25) is 0 Å². The van der Waals surface area contributed by atoms with Gasteiger partial charge in [0.15, 0.2) is 5.16 Å². The molecule has 0 bridgehead atoms. The molecule has 0 N–H and O–H groups in total. The van der Waals surface area contributed by atoms with Crippen LogP contribution in [-0.2, 0) is 0 Å². The van der Waals surface area contributed by atoms with Crippen molar-refractivity contribution in [3.8, 4) is 17.8 Å². The van der Waals surface area contributed by atoms with Crippen LogP contribution in [0.1, 0.15) is 24.2 Å². The van der Waals surface area contributed by atoms with Crippen molar-refractivity contribution < 1.29 is 0 Å². The fraction of sp³-hybridized carbons (Fsp3) is 0.375. The number of hydrogen-bond acceptors (Lipinski definition) is 5. The molecule has 2 aromatic rings. The highest BCUT2D eigenvalue weighted by Gasteiger charge is 2.14. The normalized spacial score (nSPS) is 11.6. The fourth-order valence-electron chi connectivity index (χ4n) is 2.03. The quantitative estimate of drug-likeness (QED) is 0.764. The average Bonchev–Trinajstić information content (AvgIpc) is 2.89. The molecule has 1 aromatic heterocycles. The Labute approximate surface area is 134 Å². The standard InChI is InChI=1S/C16H17N5S/c1-12-5-7-15(8-6-12)21-13(2)19-20-16(21)22-11-14(10-18)4-3-9-17/h5-8,14H,3-4,11H2,1-2H3/t14-/m1/s1. The van der Waals surface area contributed by atoms with Gasteiger partial charge in [0.1, 0.15) is 5.82 Å². The SMILES string of the molecule is Cc1ccc(-n2c(C)nnc2SC[C@@H](C#N)CCC#N)cc1. The van der Waals surface area contributed by atoms with Crippen LogP contribution in [0.3, 0.4) is 0 Å². The highest BCUT2D eigenvalue weighted by Crippen LogP contribution is 2.25. The molecule has 0 aliphatic carbocycles. The molecule has 1 atom stereocenters. The van der Waals surface area contributed by atoms with Gasteiger partial charge in [-0.1, -0.05) is 29.5 Å². The maximum absolute atomic E-state index is 9.14. The van der Waals surface area contributed by atoms with Crippen LogP contribution in [0.5, 0.6) is 0 Å². The van der Waals surface area contributed by atoms with Crippen LogP contribution >= 0.6 is 11.8 Å². The maximum Gasteiger partial charge on any atom is 0.195 e. The molecule has 0 radical (unpaired) electrons. The lowest BCUT2D eigenvalue weighted by atomic mass is 10.1. The number of nitriles is 2. The summed E-state index contributed by atoms with van der Waals surface area (Å²) in [5.74, 6) is 1.28. The zero-order valence-electron chi connectivity index (χ0n) is 12.7. The minimum atomic E-state index is -0.145. The van der Waals surface area contributed by atoms with E-state index in [1.807, 2.05) is 42.7 Å². The predicted molar refractivity (Wildman–Crippen MR) is 85.5 cm³/mol. The Kier molecular flexibility index (Phi) is 5.57. The topological polar surface area (TPSA) is 78.3 Å². The smallest absolute Gasteiger partial charge is 0.195 e. The van der Waals surface area contributed by atoms with Gasteiger partial charge in [0.25, 0.3) is 0 Å². The molecule has 112 valence electrons. The molecule has 1 aromatic carbocycles. The summed E-state index contributed by atoms with van der Waals surface area (Å²) < 4.78 is 1.99. The highest BCUT2D eigenvalue weighted by molar-refractivity contribution is 7.99. The molecule has 0 amide bonds. The highest BCUT2D eigenvalue weighted by atomic mass is 32.2. The number of nitrogens with zero attached hydrogens (tertiary/aromatic N) is 5. The summed E-state index contributed by atoms with van der Waals surface area (Å²) >= 11 is 1.51. The van der Waals surface area contributed by atoms with Crippen LogP contribution in [0.25, 0.3) is 5.69 Å². The number of hydrogen-bond donors (Lipinski definition) is 0. The van der Waals surface area contributed by atoms with E-state index in [-0.39, 0.29) is 5.92 Å². The third kappa shape index (κ3) is 3.87. The molecule has 0 fully saturated rings. The van der Waals surface area contributed by atoms with E-state index in [4.69, 9.17) is 10.5 Å². The van der Waals surface area contributed by atoms with Crippen LogP contribution in [0.4, 0.5) is 0 Å². The van der Waals surface area contributed by atoms with Crippen molar-refractivity contribution in [1.82, 2.24) is 14.8 Å². The summed E-state index contributed by atoms with van der Waals surface area (Å²) in [6.45, 7) is 3.96. The van der Waals surface area contributed by atoms with E-state index in [0.717, 1.165) is 16.7 Å². The number of thioether (sulfide) groups is 1. The molecule has 0 saturated heterocycles. The number of benzene rings is 1. The van der Waals surface area contributed by atoms with Gasteiger partial charge in [-0.15, -0.1) is 10.2 Å². The Morgan fingerprint density at radius 2 is 1.91 bits per heavy atom. The van der Waals surface area contributed by atoms with Gasteiger partial charge in [-0.25, -0.2) is 0 Å². The zero-order chi connectivity index (χ0) is 15.9. The lowest BCUT2D eigenvalue weighted by molar-refractivity contribution is 0.683. The van der Waals surface area contributed by atoms with E-state index in [9.17, 15) is 0 Å². The summed E-state index contributed by atoms with van der Waals surface area (Å²) in [5.41, 5.74) is 2.21. The van der Waals surface area contributed by atoms with Crippen molar-refractivity contribution in [3.63, 3.8) is 0 Å². The van der Waals surface area contributed by atoms with Crippen molar-refractivity contribution in [3.05, 3.63) is 35.7 Å². The molecular formula is C16H17N5S. The lowest BCUT2D eigenvalue weighted by Crippen LogP contribution is -2.03. The van der Waals surface area contributed by atoms with Gasteiger partial charge in [-0.2, -0.15) is 10.5 Å². The van der Waals surface area contributed by atoms with Crippen LogP contribution in [0.2, 0.25) is 0 Å². The summed E-state index contributed by atoms with van der Waals surface area (Å²) in [5, 5.41) is 26.9. The van der Waals surface area contributed by atoms with E-state index in [2.05, 4.69) is 22.3 Å². The predicted octanol–water partition coefficient (Wildman–Crippen LogP) is 3.42. The van der Waals surface area contributed by atoms with Crippen LogP contribution < -0.4 is 0 Å². The lowest BCUT2D eigenvalue weighted by Gasteiger charge is -2.10. The van der Waals surface area contributed by atoms with Gasteiger partial charge in [-0.05, 0) is 32.4 Å². The van der Waals surface area contributed by atoms with Gasteiger partial charge in [0, 0.05) is 17.9 Å². The van der Waals surface area contributed by atoms with E-state index in [1.165, 1.54) is 17.3 Å². The molecule has 0 unspecified atom stereocenters. The fourth-order valence-corrected chi connectivity index (χ4v) is 3.08. The minimum Gasteiger partial charge on any atom is -0.274 e. The first-order chi connectivity index (χ1) is 10.7. The summed E-state index contributed by atoms with van der Waals surface area (Å²) in [6.07, 6.45) is 1.00. The first-order valence-electron chi connectivity index (χ1n) is 7.04. The number of aromatic nitrogens is 3. The zero-order valence-corrected chi connectivity index (χ0v) is 13.5. The third-order valence-corrected chi connectivity index (χ3v) is 4.38. The van der Waals surface area contributed by atoms with Crippen LogP contribution in [-0.4, -0.2) is 20.5 Å². The second-order valence-electron chi connectivity index (χ2n) is 5.03. The molecule has 2 rings (SSSR count). The molecule has 0 aliphatic rings. The molecule has 0 aliphatic heterocycles.